The average Bonchev–Trinajstić information content (AvgIpc) is 3.19. The maximum Gasteiger partial charge on any atom is 0.423 e. The number of aromatic nitrogens is 1. The minimum Gasteiger partial charge on any atom is -0.507 e. The van der Waals surface area contributed by atoms with Crippen LogP contribution in [0.4, 0.5) is 4.79 Å². The number of nitrogens with zero attached hydrogens (tertiary/aromatic N) is 2. The molecule has 0 bridgehead atoms. The van der Waals surface area contributed by atoms with Crippen molar-refractivity contribution in [1.29, 1.82) is 0 Å². The molecule has 0 radical (unpaired) electrons. The van der Waals surface area contributed by atoms with Gasteiger partial charge in [0.2, 0.25) is 11.8 Å². The number of amides is 3. The average molecular weight is 523 g/mol. The van der Waals surface area contributed by atoms with Crippen LogP contribution in [0.25, 0.3) is 11.6 Å². The molecule has 1 fully saturated rings. The number of aromatic hydroxyl groups is 1. The molecule has 2 heterocycles. The van der Waals surface area contributed by atoms with E-state index in [0.29, 0.717) is 33.7 Å². The Balaban J connectivity index is 1.63. The minimum atomic E-state index is -1.16. The number of allylic oxidation sites excluding steroid dienone is 1. The van der Waals surface area contributed by atoms with Crippen molar-refractivity contribution in [2.24, 2.45) is 17.8 Å². The molecule has 38 heavy (non-hydrogen) atoms. The van der Waals surface area contributed by atoms with Crippen LogP contribution >= 0.6 is 0 Å². The Morgan fingerprint density at radius 2 is 1.89 bits per heavy atom. The second-order valence-corrected chi connectivity index (χ2v) is 9.32. The molecular weight excluding hydrogens is 492 g/mol. The number of hydrogen-bond acceptors (Lipinski definition) is 9. The van der Waals surface area contributed by atoms with Crippen molar-refractivity contribution < 1.29 is 39.5 Å². The lowest BCUT2D eigenvalue weighted by Crippen LogP contribution is -2.40. The SMILES string of the molecule is COC(=O)N1C(=O)[C@@H]2[C@@H](CC(CO)=C([C@H](O)CC/C(=C/c3ccccc3O)c3ccccn3)[C@@H]2CO)C1=O. The molecule has 1 aromatic carbocycles. The van der Waals surface area contributed by atoms with Crippen molar-refractivity contribution in [3.05, 3.63) is 71.1 Å². The molecule has 0 spiro atoms. The van der Waals surface area contributed by atoms with Crippen LogP contribution < -0.4 is 0 Å². The predicted octanol–water partition coefficient (Wildman–Crippen LogP) is 2.14. The van der Waals surface area contributed by atoms with Crippen molar-refractivity contribution in [3.63, 3.8) is 0 Å². The number of phenols is 1. The molecule has 1 aromatic heterocycles. The number of phenolic OH excluding ortho intramolecular Hbond substituents is 1. The number of fused-ring (bicyclic) bond motifs is 1. The Morgan fingerprint density at radius 1 is 1.16 bits per heavy atom. The van der Waals surface area contributed by atoms with Crippen molar-refractivity contribution in [1.82, 2.24) is 9.88 Å². The van der Waals surface area contributed by atoms with Gasteiger partial charge in [-0.2, -0.15) is 4.90 Å². The smallest absolute Gasteiger partial charge is 0.423 e. The van der Waals surface area contributed by atoms with Crippen LogP contribution in [0.1, 0.15) is 30.5 Å². The van der Waals surface area contributed by atoms with E-state index in [-0.39, 0.29) is 18.6 Å². The van der Waals surface area contributed by atoms with Crippen LogP contribution in [-0.2, 0) is 14.3 Å². The Kier molecular flexibility index (Phi) is 8.35. The first-order chi connectivity index (χ1) is 18.3. The summed E-state index contributed by atoms with van der Waals surface area (Å²) in [5.74, 6) is -4.41. The summed E-state index contributed by atoms with van der Waals surface area (Å²) in [6, 6.07) is 12.2. The van der Waals surface area contributed by atoms with E-state index in [2.05, 4.69) is 9.72 Å². The Hall–Kier alpha value is -3.86. The van der Waals surface area contributed by atoms with E-state index < -0.39 is 55.0 Å². The Morgan fingerprint density at radius 3 is 2.53 bits per heavy atom. The van der Waals surface area contributed by atoms with Gasteiger partial charge in [0.05, 0.1) is 44.0 Å². The number of likely N-dealkylation sites (tertiary alicyclic amines) is 1. The van der Waals surface area contributed by atoms with Gasteiger partial charge in [-0.15, -0.1) is 0 Å². The van der Waals surface area contributed by atoms with Gasteiger partial charge in [-0.3, -0.25) is 14.6 Å². The van der Waals surface area contributed by atoms with Crippen molar-refractivity contribution in [2.45, 2.75) is 25.4 Å². The van der Waals surface area contributed by atoms with Gasteiger partial charge in [0.15, 0.2) is 0 Å². The summed E-state index contributed by atoms with van der Waals surface area (Å²) in [5, 5.41) is 41.9. The number of pyridine rings is 1. The third-order valence-corrected chi connectivity index (χ3v) is 7.24. The fourth-order valence-electron chi connectivity index (χ4n) is 5.45. The number of para-hydroxylation sites is 1. The Bertz CT molecular complexity index is 1270. The standard InChI is InChI=1S/C28H30N2O8/c1-38-28(37)30-26(35)19-13-18(14-31)24(20(15-32)25(19)27(30)36)23(34)10-9-16(21-7-4-5-11-29-21)12-17-6-2-3-8-22(17)33/h2-8,11-12,19-20,23,25,31-34H,9-10,13-15H2,1H3/b16-12-/t19-,20+,23-,25-/m1/s1. The zero-order valence-corrected chi connectivity index (χ0v) is 20.9. The molecule has 1 aliphatic carbocycles. The van der Waals surface area contributed by atoms with Gasteiger partial charge in [-0.05, 0) is 60.3 Å². The fourth-order valence-corrected chi connectivity index (χ4v) is 5.45. The largest absolute Gasteiger partial charge is 0.507 e. The highest BCUT2D eigenvalue weighted by atomic mass is 16.5. The maximum absolute atomic E-state index is 13.1. The number of rotatable bonds is 8. The molecule has 4 N–H and O–H groups in total. The first kappa shape index (κ1) is 27.2. The lowest BCUT2D eigenvalue weighted by Gasteiger charge is -2.36. The van der Waals surface area contributed by atoms with E-state index in [0.717, 1.165) is 12.7 Å². The second-order valence-electron chi connectivity index (χ2n) is 9.32. The summed E-state index contributed by atoms with van der Waals surface area (Å²) < 4.78 is 4.58. The van der Waals surface area contributed by atoms with Gasteiger partial charge >= 0.3 is 6.09 Å². The monoisotopic (exact) mass is 522 g/mol. The first-order valence-electron chi connectivity index (χ1n) is 12.3. The molecule has 1 saturated heterocycles. The van der Waals surface area contributed by atoms with E-state index in [9.17, 15) is 34.8 Å². The minimum absolute atomic E-state index is 0.0248. The zero-order chi connectivity index (χ0) is 27.4. The van der Waals surface area contributed by atoms with Crippen molar-refractivity contribution in [2.75, 3.05) is 20.3 Å². The highest BCUT2D eigenvalue weighted by molar-refractivity contribution is 6.16. The van der Waals surface area contributed by atoms with Crippen molar-refractivity contribution >= 4 is 29.6 Å². The molecule has 4 rings (SSSR count). The van der Waals surface area contributed by atoms with Crippen molar-refractivity contribution in [3.8, 4) is 5.75 Å². The third kappa shape index (κ3) is 5.10. The quantitative estimate of drug-likeness (QED) is 0.301. The maximum atomic E-state index is 13.1. The number of aliphatic hydroxyl groups excluding tert-OH is 3. The van der Waals surface area contributed by atoms with Crippen LogP contribution in [0.15, 0.2) is 59.8 Å². The lowest BCUT2D eigenvalue weighted by atomic mass is 9.68. The number of methoxy groups -OCH3 is 1. The molecule has 2 aliphatic rings. The van der Waals surface area contributed by atoms with E-state index in [1.54, 1.807) is 42.6 Å². The molecular formula is C28H30N2O8. The number of carbonyl (C=O) groups excluding carboxylic acids is 3. The Labute approximate surface area is 219 Å². The number of imide groups is 3. The number of carbonyl (C=O) groups is 3. The van der Waals surface area contributed by atoms with E-state index >= 15 is 0 Å². The summed E-state index contributed by atoms with van der Waals surface area (Å²) in [7, 11) is 1.06. The fraction of sp³-hybridized carbons (Fsp3) is 0.357. The molecule has 4 atom stereocenters. The van der Waals surface area contributed by atoms with Gasteiger partial charge in [0.25, 0.3) is 0 Å². The highest BCUT2D eigenvalue weighted by Gasteiger charge is 2.57. The van der Waals surface area contributed by atoms with E-state index in [4.69, 9.17) is 0 Å². The van der Waals surface area contributed by atoms with Crippen LogP contribution in [0.3, 0.4) is 0 Å². The summed E-state index contributed by atoms with van der Waals surface area (Å²) in [4.78, 5) is 42.8. The van der Waals surface area contributed by atoms with Crippen LogP contribution in [-0.4, -0.2) is 74.6 Å². The first-order valence-corrected chi connectivity index (χ1v) is 12.3. The van der Waals surface area contributed by atoms with Gasteiger partial charge in [0, 0.05) is 17.7 Å². The molecule has 10 heteroatoms. The molecule has 10 nitrogen and oxygen atoms in total. The van der Waals surface area contributed by atoms with E-state index in [1.807, 2.05) is 12.1 Å². The highest BCUT2D eigenvalue weighted by Crippen LogP contribution is 2.46. The normalized spacial score (nSPS) is 22.5. The van der Waals surface area contributed by atoms with Gasteiger partial charge in [-0.1, -0.05) is 24.3 Å². The van der Waals surface area contributed by atoms with Crippen LogP contribution in [0, 0.1) is 17.8 Å². The molecule has 200 valence electrons. The summed E-state index contributed by atoms with van der Waals surface area (Å²) >= 11 is 0. The molecule has 1 aliphatic heterocycles. The molecule has 2 aromatic rings. The lowest BCUT2D eigenvalue weighted by molar-refractivity contribution is -0.137. The van der Waals surface area contributed by atoms with E-state index in [1.165, 1.54) is 0 Å². The third-order valence-electron chi connectivity index (χ3n) is 7.24. The zero-order valence-electron chi connectivity index (χ0n) is 20.9. The number of ether oxygens (including phenoxy) is 1. The topological polar surface area (TPSA) is 157 Å². The number of benzene rings is 1. The summed E-state index contributed by atoms with van der Waals surface area (Å²) in [6.45, 7) is -1.04. The van der Waals surface area contributed by atoms with Gasteiger partial charge in [-0.25, -0.2) is 4.79 Å². The molecule has 0 unspecified atom stereocenters. The van der Waals surface area contributed by atoms with Crippen LogP contribution in [0.2, 0.25) is 0 Å². The predicted molar refractivity (Wildman–Crippen MR) is 136 cm³/mol. The number of aliphatic hydroxyl groups is 3. The van der Waals surface area contributed by atoms with Gasteiger partial charge in [0.1, 0.15) is 5.75 Å². The van der Waals surface area contributed by atoms with Gasteiger partial charge < -0.3 is 25.2 Å². The summed E-state index contributed by atoms with van der Waals surface area (Å²) in [6.07, 6.45) is 1.57. The van der Waals surface area contributed by atoms with Crippen LogP contribution in [0.5, 0.6) is 5.75 Å². The second kappa shape index (κ2) is 11.7. The summed E-state index contributed by atoms with van der Waals surface area (Å²) in [5.41, 5.74) is 2.61. The molecule has 0 saturated carbocycles. The number of hydrogen-bond donors (Lipinski definition) is 4. The molecule has 3 amide bonds.